The van der Waals surface area contributed by atoms with Crippen molar-refractivity contribution in [3.63, 3.8) is 0 Å². The first kappa shape index (κ1) is 9.94. The molecular formula is C11H15ClN2. The summed E-state index contributed by atoms with van der Waals surface area (Å²) in [6.07, 6.45) is 3.72. The molecular weight excluding hydrogens is 196 g/mol. The van der Waals surface area contributed by atoms with Crippen molar-refractivity contribution in [3.8, 4) is 0 Å². The van der Waals surface area contributed by atoms with Gasteiger partial charge >= 0.3 is 0 Å². The minimum absolute atomic E-state index is 0.407. The third kappa shape index (κ3) is 2.07. The van der Waals surface area contributed by atoms with E-state index in [4.69, 9.17) is 11.6 Å². The van der Waals surface area contributed by atoms with Gasteiger partial charge in [0.15, 0.2) is 0 Å². The minimum atomic E-state index is 0.407. The maximum Gasteiger partial charge on any atom is 0.134 e. The van der Waals surface area contributed by atoms with Crippen molar-refractivity contribution >= 4 is 11.6 Å². The van der Waals surface area contributed by atoms with Gasteiger partial charge in [0.1, 0.15) is 5.15 Å². The van der Waals surface area contributed by atoms with Crippen molar-refractivity contribution in [2.75, 3.05) is 6.54 Å². The number of nitrogens with zero attached hydrogens (tertiary/aromatic N) is 1. The van der Waals surface area contributed by atoms with Crippen molar-refractivity contribution < 1.29 is 0 Å². The van der Waals surface area contributed by atoms with Crippen LogP contribution in [-0.4, -0.2) is 11.5 Å². The first-order valence-electron chi connectivity index (χ1n) is 5.14. The van der Waals surface area contributed by atoms with Gasteiger partial charge in [-0.2, -0.15) is 0 Å². The van der Waals surface area contributed by atoms with Crippen LogP contribution in [0.15, 0.2) is 12.1 Å². The Hall–Kier alpha value is -0.600. The van der Waals surface area contributed by atoms with Crippen LogP contribution in [0.3, 0.4) is 0 Å². The molecule has 2 rings (SSSR count). The van der Waals surface area contributed by atoms with E-state index in [-0.39, 0.29) is 0 Å². The van der Waals surface area contributed by atoms with Crippen molar-refractivity contribution in [1.82, 2.24) is 10.3 Å². The van der Waals surface area contributed by atoms with Gasteiger partial charge in [0.25, 0.3) is 0 Å². The van der Waals surface area contributed by atoms with Crippen LogP contribution in [0.2, 0.25) is 5.15 Å². The van der Waals surface area contributed by atoms with Gasteiger partial charge in [-0.25, -0.2) is 4.98 Å². The lowest BCUT2D eigenvalue weighted by Crippen LogP contribution is -2.27. The molecule has 2 nitrogen and oxygen atoms in total. The molecule has 1 aromatic rings. The van der Waals surface area contributed by atoms with Gasteiger partial charge < -0.3 is 5.32 Å². The van der Waals surface area contributed by atoms with Gasteiger partial charge in [-0.05, 0) is 32.4 Å². The Morgan fingerprint density at radius 2 is 2.29 bits per heavy atom. The molecule has 0 saturated carbocycles. The molecule has 0 aliphatic carbocycles. The molecule has 0 amide bonds. The third-order valence-electron chi connectivity index (χ3n) is 2.70. The lowest BCUT2D eigenvalue weighted by atomic mass is 9.99. The van der Waals surface area contributed by atoms with Crippen LogP contribution in [0.5, 0.6) is 0 Å². The second-order valence-corrected chi connectivity index (χ2v) is 4.19. The Morgan fingerprint density at radius 1 is 1.43 bits per heavy atom. The highest BCUT2D eigenvalue weighted by molar-refractivity contribution is 6.30. The van der Waals surface area contributed by atoms with E-state index in [1.54, 1.807) is 0 Å². The third-order valence-corrected chi connectivity index (χ3v) is 3.01. The number of hydrogen-bond donors (Lipinski definition) is 1. The molecule has 1 N–H and O–H groups in total. The molecule has 0 bridgehead atoms. The van der Waals surface area contributed by atoms with E-state index in [9.17, 15) is 0 Å². The van der Waals surface area contributed by atoms with Crippen LogP contribution in [0.25, 0.3) is 0 Å². The number of nitrogens with one attached hydrogen (secondary N) is 1. The molecule has 1 aromatic heterocycles. The summed E-state index contributed by atoms with van der Waals surface area (Å²) in [5.41, 5.74) is 2.13. The van der Waals surface area contributed by atoms with Gasteiger partial charge in [0, 0.05) is 17.3 Å². The summed E-state index contributed by atoms with van der Waals surface area (Å²) in [6, 6.07) is 4.52. The maximum absolute atomic E-state index is 6.11. The van der Waals surface area contributed by atoms with E-state index in [1.807, 2.05) is 13.0 Å². The van der Waals surface area contributed by atoms with Crippen LogP contribution in [0.1, 0.15) is 36.6 Å². The number of aryl methyl sites for hydroxylation is 1. The summed E-state index contributed by atoms with van der Waals surface area (Å²) in [5, 5.41) is 4.13. The summed E-state index contributed by atoms with van der Waals surface area (Å²) in [7, 11) is 0. The predicted octanol–water partition coefficient (Wildman–Crippen LogP) is 2.86. The Balaban J connectivity index is 2.22. The van der Waals surface area contributed by atoms with Crippen molar-refractivity contribution in [2.24, 2.45) is 0 Å². The highest BCUT2D eigenvalue weighted by Crippen LogP contribution is 2.27. The average Bonchev–Trinajstić information content (AvgIpc) is 2.19. The summed E-state index contributed by atoms with van der Waals surface area (Å²) in [5.74, 6) is 0. The van der Waals surface area contributed by atoms with Gasteiger partial charge in [0.05, 0.1) is 0 Å². The second-order valence-electron chi connectivity index (χ2n) is 3.84. The summed E-state index contributed by atoms with van der Waals surface area (Å²) < 4.78 is 0. The first-order valence-corrected chi connectivity index (χ1v) is 5.51. The fraction of sp³-hybridized carbons (Fsp3) is 0.545. The van der Waals surface area contributed by atoms with E-state index in [0.29, 0.717) is 11.2 Å². The smallest absolute Gasteiger partial charge is 0.134 e. The molecule has 1 aliphatic rings. The number of piperidine rings is 1. The van der Waals surface area contributed by atoms with Crippen LogP contribution >= 0.6 is 11.6 Å². The predicted molar refractivity (Wildman–Crippen MR) is 58.6 cm³/mol. The molecule has 0 spiro atoms. The largest absolute Gasteiger partial charge is 0.310 e. The number of hydrogen-bond acceptors (Lipinski definition) is 2. The van der Waals surface area contributed by atoms with E-state index < -0.39 is 0 Å². The molecule has 1 fully saturated rings. The van der Waals surface area contributed by atoms with E-state index in [1.165, 1.54) is 19.3 Å². The molecule has 1 saturated heterocycles. The molecule has 76 valence electrons. The van der Waals surface area contributed by atoms with Crippen LogP contribution < -0.4 is 5.32 Å². The Labute approximate surface area is 89.7 Å². The van der Waals surface area contributed by atoms with Gasteiger partial charge in [-0.1, -0.05) is 24.1 Å². The molecule has 0 radical (unpaired) electrons. The Morgan fingerprint density at radius 3 is 2.93 bits per heavy atom. The molecule has 1 atom stereocenters. The molecule has 1 aliphatic heterocycles. The van der Waals surface area contributed by atoms with E-state index >= 15 is 0 Å². The highest BCUT2D eigenvalue weighted by Gasteiger charge is 2.17. The molecule has 0 aromatic carbocycles. The van der Waals surface area contributed by atoms with E-state index in [2.05, 4.69) is 16.4 Å². The minimum Gasteiger partial charge on any atom is -0.310 e. The SMILES string of the molecule is Cc1ccc(C2CCCCN2)c(Cl)n1. The van der Waals surface area contributed by atoms with Crippen molar-refractivity contribution in [3.05, 3.63) is 28.5 Å². The maximum atomic E-state index is 6.11. The quantitative estimate of drug-likeness (QED) is 0.722. The average molecular weight is 211 g/mol. The molecule has 1 unspecified atom stereocenters. The normalized spacial score (nSPS) is 22.3. The Kier molecular flexibility index (Phi) is 3.04. The molecule has 2 heterocycles. The number of aromatic nitrogens is 1. The fourth-order valence-corrected chi connectivity index (χ4v) is 2.24. The van der Waals surface area contributed by atoms with Gasteiger partial charge in [-0.15, -0.1) is 0 Å². The first-order chi connectivity index (χ1) is 6.77. The van der Waals surface area contributed by atoms with Gasteiger partial charge in [-0.3, -0.25) is 0 Å². The van der Waals surface area contributed by atoms with Crippen LogP contribution in [0, 0.1) is 6.92 Å². The highest BCUT2D eigenvalue weighted by atomic mass is 35.5. The van der Waals surface area contributed by atoms with Crippen LogP contribution in [-0.2, 0) is 0 Å². The number of pyridine rings is 1. The zero-order chi connectivity index (χ0) is 9.97. The summed E-state index contributed by atoms with van der Waals surface area (Å²) >= 11 is 6.11. The van der Waals surface area contributed by atoms with Crippen molar-refractivity contribution in [1.29, 1.82) is 0 Å². The van der Waals surface area contributed by atoms with E-state index in [0.717, 1.165) is 17.8 Å². The summed E-state index contributed by atoms with van der Waals surface area (Å²) in [6.45, 7) is 3.05. The summed E-state index contributed by atoms with van der Waals surface area (Å²) in [4.78, 5) is 4.27. The second kappa shape index (κ2) is 4.28. The zero-order valence-electron chi connectivity index (χ0n) is 8.39. The van der Waals surface area contributed by atoms with Crippen LogP contribution in [0.4, 0.5) is 0 Å². The monoisotopic (exact) mass is 210 g/mol. The molecule has 3 heteroatoms. The molecule has 14 heavy (non-hydrogen) atoms. The lowest BCUT2D eigenvalue weighted by molar-refractivity contribution is 0.411. The lowest BCUT2D eigenvalue weighted by Gasteiger charge is -2.24. The standard InChI is InChI=1S/C11H15ClN2/c1-8-5-6-9(11(12)14-8)10-4-2-3-7-13-10/h5-6,10,13H,2-4,7H2,1H3. The zero-order valence-corrected chi connectivity index (χ0v) is 9.14. The van der Waals surface area contributed by atoms with Crippen molar-refractivity contribution in [2.45, 2.75) is 32.2 Å². The fourth-order valence-electron chi connectivity index (χ4n) is 1.91. The Bertz CT molecular complexity index is 319. The topological polar surface area (TPSA) is 24.9 Å². The van der Waals surface area contributed by atoms with Gasteiger partial charge in [0.2, 0.25) is 0 Å². The number of halogens is 1. The number of rotatable bonds is 1.